The number of carbonyl (C=O) groups is 1. The van der Waals surface area contributed by atoms with Crippen molar-refractivity contribution < 1.29 is 23.4 Å². The van der Waals surface area contributed by atoms with Crippen LogP contribution in [0.1, 0.15) is 36.8 Å². The molecule has 218 valence electrons. The van der Waals surface area contributed by atoms with E-state index in [1.54, 1.807) is 12.3 Å². The highest BCUT2D eigenvalue weighted by Crippen LogP contribution is 2.45. The number of hydrogen-bond donors (Lipinski definition) is 2. The summed E-state index contributed by atoms with van der Waals surface area (Å²) >= 11 is 0. The molecule has 9 heteroatoms. The van der Waals surface area contributed by atoms with E-state index >= 15 is 0 Å². The van der Waals surface area contributed by atoms with E-state index in [0.717, 1.165) is 54.2 Å². The molecule has 2 aromatic heterocycles. The molecule has 0 spiro atoms. The summed E-state index contributed by atoms with van der Waals surface area (Å²) in [5.74, 6) is -0.958. The predicted molar refractivity (Wildman–Crippen MR) is 164 cm³/mol. The van der Waals surface area contributed by atoms with Crippen LogP contribution in [-0.4, -0.2) is 31.7 Å². The van der Waals surface area contributed by atoms with Gasteiger partial charge in [0.2, 0.25) is 0 Å². The second kappa shape index (κ2) is 10.2. The number of H-pyrrole nitrogens is 1. The first kappa shape index (κ1) is 26.4. The number of carboxylic acid groups (broad SMARTS) is 1. The number of fused-ring (bicyclic) bond motifs is 6. The van der Waals surface area contributed by atoms with Crippen molar-refractivity contribution in [2.24, 2.45) is 22.7 Å². The molecule has 3 aromatic carbocycles. The standard InChI is InChI=1S/C35H26F2N4O3/c36-23-14-24-25(17-38-33(24)26(37)15-23)34-39-27(16-30(41-34)40-32-21-10-8-20(9-11-21)31(32)35(42)43)22-12-7-19-6-5-18-3-1-2-4-28(18)44-29(19)13-22/h1-7,12-17,20-21,31,38H,8-11H2,(H,42,43)/t20?,21?,31-/m1/s1. The van der Waals surface area contributed by atoms with Crippen LogP contribution in [0.4, 0.5) is 14.6 Å². The summed E-state index contributed by atoms with van der Waals surface area (Å²) in [6.07, 6.45) is 9.09. The maximum absolute atomic E-state index is 14.6. The average Bonchev–Trinajstić information content (AvgIpc) is 3.36. The Morgan fingerprint density at radius 1 is 0.932 bits per heavy atom. The number of aliphatic carboxylic acids is 1. The molecule has 5 aromatic rings. The van der Waals surface area contributed by atoms with Gasteiger partial charge in [-0.1, -0.05) is 42.5 Å². The summed E-state index contributed by atoms with van der Waals surface area (Å²) in [5.41, 5.74) is 4.27. The lowest BCUT2D eigenvalue weighted by Gasteiger charge is -2.41. The molecule has 2 N–H and O–H groups in total. The molecule has 3 fully saturated rings. The fraction of sp³-hybridized carbons (Fsp3) is 0.200. The number of benzene rings is 3. The van der Waals surface area contributed by atoms with Crippen molar-refractivity contribution in [3.63, 3.8) is 0 Å². The smallest absolute Gasteiger partial charge is 0.312 e. The van der Waals surface area contributed by atoms with Crippen LogP contribution in [0.15, 0.2) is 71.9 Å². The van der Waals surface area contributed by atoms with Gasteiger partial charge in [0.25, 0.3) is 0 Å². The third-order valence-electron chi connectivity index (χ3n) is 9.04. The van der Waals surface area contributed by atoms with E-state index < -0.39 is 23.5 Å². The van der Waals surface area contributed by atoms with Gasteiger partial charge >= 0.3 is 5.97 Å². The average molecular weight is 589 g/mol. The number of para-hydroxylation sites is 1. The third-order valence-corrected chi connectivity index (χ3v) is 9.04. The van der Waals surface area contributed by atoms with Gasteiger partial charge < -0.3 is 14.8 Å². The van der Waals surface area contributed by atoms with Crippen LogP contribution in [0.3, 0.4) is 0 Å². The molecule has 3 aliphatic carbocycles. The van der Waals surface area contributed by atoms with E-state index in [9.17, 15) is 18.7 Å². The molecule has 3 heterocycles. The maximum Gasteiger partial charge on any atom is 0.312 e. The molecule has 2 bridgehead atoms. The van der Waals surface area contributed by atoms with Crippen LogP contribution in [0.5, 0.6) is 11.5 Å². The Balaban J connectivity index is 1.30. The molecule has 1 atom stereocenters. The van der Waals surface area contributed by atoms with Crippen LogP contribution in [0, 0.1) is 29.4 Å². The maximum atomic E-state index is 14.6. The van der Waals surface area contributed by atoms with E-state index in [1.165, 1.54) is 6.07 Å². The highest BCUT2D eigenvalue weighted by atomic mass is 19.1. The van der Waals surface area contributed by atoms with Gasteiger partial charge in [-0.25, -0.2) is 23.7 Å². The van der Waals surface area contributed by atoms with Gasteiger partial charge in [0, 0.05) is 51.7 Å². The monoisotopic (exact) mass is 588 g/mol. The number of halogens is 2. The zero-order valence-electron chi connectivity index (χ0n) is 23.4. The van der Waals surface area contributed by atoms with Gasteiger partial charge in [-0.2, -0.15) is 0 Å². The van der Waals surface area contributed by atoms with E-state index in [4.69, 9.17) is 19.7 Å². The van der Waals surface area contributed by atoms with Crippen molar-refractivity contribution in [1.82, 2.24) is 15.0 Å². The molecule has 3 saturated carbocycles. The van der Waals surface area contributed by atoms with Gasteiger partial charge in [0.15, 0.2) is 11.6 Å². The minimum atomic E-state index is -0.869. The number of aliphatic imine (C=N–C) groups is 1. The van der Waals surface area contributed by atoms with Crippen molar-refractivity contribution in [2.75, 3.05) is 0 Å². The van der Waals surface area contributed by atoms with Crippen LogP contribution in [0.25, 0.3) is 45.7 Å². The SMILES string of the molecule is O=C(O)[C@H]1C(=Nc2cc(-c3ccc4c(c3)Oc3ccccc3C=C4)nc(-c3c[nH]c4c(F)cc(F)cc34)n2)C2CCC1CC2. The molecule has 0 amide bonds. The van der Waals surface area contributed by atoms with E-state index in [2.05, 4.69) is 4.98 Å². The Labute approximate surface area is 251 Å². The fourth-order valence-corrected chi connectivity index (χ4v) is 6.89. The number of nitrogens with zero attached hydrogens (tertiary/aromatic N) is 3. The number of nitrogens with one attached hydrogen (secondary N) is 1. The van der Waals surface area contributed by atoms with Gasteiger partial charge in [-0.15, -0.1) is 0 Å². The first-order valence-corrected chi connectivity index (χ1v) is 14.7. The Morgan fingerprint density at radius 2 is 1.73 bits per heavy atom. The lowest BCUT2D eigenvalue weighted by molar-refractivity contribution is -0.142. The highest BCUT2D eigenvalue weighted by molar-refractivity contribution is 6.05. The molecule has 9 rings (SSSR count). The quantitative estimate of drug-likeness (QED) is 0.215. The molecule has 0 unspecified atom stereocenters. The number of hydrogen-bond acceptors (Lipinski definition) is 5. The molecule has 44 heavy (non-hydrogen) atoms. The summed E-state index contributed by atoms with van der Waals surface area (Å²) in [6, 6.07) is 17.3. The summed E-state index contributed by atoms with van der Waals surface area (Å²) < 4.78 is 35.2. The van der Waals surface area contributed by atoms with Crippen molar-refractivity contribution in [3.05, 3.63) is 89.6 Å². The van der Waals surface area contributed by atoms with Crippen molar-refractivity contribution >= 4 is 40.6 Å². The van der Waals surface area contributed by atoms with Crippen molar-refractivity contribution in [3.8, 4) is 34.1 Å². The first-order chi connectivity index (χ1) is 21.4. The normalized spacial score (nSPS) is 21.1. The number of ether oxygens (including phenoxy) is 1. The van der Waals surface area contributed by atoms with Crippen LogP contribution in [0.2, 0.25) is 0 Å². The molecule has 7 nitrogen and oxygen atoms in total. The first-order valence-electron chi connectivity index (χ1n) is 14.7. The second-order valence-corrected chi connectivity index (χ2v) is 11.6. The van der Waals surface area contributed by atoms with Crippen molar-refractivity contribution in [2.45, 2.75) is 25.7 Å². The Hall–Kier alpha value is -5.18. The molecular weight excluding hydrogens is 562 g/mol. The lowest BCUT2D eigenvalue weighted by Crippen LogP contribution is -2.44. The second-order valence-electron chi connectivity index (χ2n) is 11.6. The van der Waals surface area contributed by atoms with Gasteiger partial charge in [0.05, 0.1) is 17.1 Å². The fourth-order valence-electron chi connectivity index (χ4n) is 6.89. The van der Waals surface area contributed by atoms with Crippen LogP contribution < -0.4 is 4.74 Å². The Kier molecular flexibility index (Phi) is 6.14. The predicted octanol–water partition coefficient (Wildman–Crippen LogP) is 8.44. The van der Waals surface area contributed by atoms with E-state index in [-0.39, 0.29) is 23.2 Å². The van der Waals surface area contributed by atoms with E-state index in [1.807, 2.05) is 54.6 Å². The Bertz CT molecular complexity index is 2040. The number of rotatable bonds is 4. The van der Waals surface area contributed by atoms with E-state index in [0.29, 0.717) is 33.9 Å². The highest BCUT2D eigenvalue weighted by Gasteiger charge is 2.44. The minimum absolute atomic E-state index is 0.0502. The topological polar surface area (TPSA) is 100 Å². The Morgan fingerprint density at radius 3 is 2.55 bits per heavy atom. The van der Waals surface area contributed by atoms with Crippen LogP contribution in [-0.2, 0) is 4.79 Å². The summed E-state index contributed by atoms with van der Waals surface area (Å²) in [5, 5.41) is 10.4. The van der Waals surface area contributed by atoms with Gasteiger partial charge in [0.1, 0.15) is 23.1 Å². The molecule has 1 aliphatic heterocycles. The van der Waals surface area contributed by atoms with Gasteiger partial charge in [-0.3, -0.25) is 4.79 Å². The minimum Gasteiger partial charge on any atom is -0.481 e. The van der Waals surface area contributed by atoms with Crippen LogP contribution >= 0.6 is 0 Å². The molecule has 4 aliphatic rings. The number of aromatic nitrogens is 3. The molecule has 0 radical (unpaired) electrons. The zero-order valence-corrected chi connectivity index (χ0v) is 23.4. The third kappa shape index (κ3) is 4.47. The largest absolute Gasteiger partial charge is 0.481 e. The van der Waals surface area contributed by atoms with Gasteiger partial charge in [-0.05, 0) is 55.7 Å². The molecule has 0 saturated heterocycles. The number of aromatic amines is 1. The number of carboxylic acids is 1. The lowest BCUT2D eigenvalue weighted by atomic mass is 9.63. The van der Waals surface area contributed by atoms with Crippen molar-refractivity contribution in [1.29, 1.82) is 0 Å². The summed E-state index contributed by atoms with van der Waals surface area (Å²) in [6.45, 7) is 0. The molecular formula is C35H26F2N4O3. The summed E-state index contributed by atoms with van der Waals surface area (Å²) in [4.78, 5) is 29.7. The summed E-state index contributed by atoms with van der Waals surface area (Å²) in [7, 11) is 0. The zero-order chi connectivity index (χ0) is 29.9.